The molecule has 0 saturated carbocycles. The predicted octanol–water partition coefficient (Wildman–Crippen LogP) is -12.8. The molecule has 4 saturated heterocycles. The maximum atomic E-state index is 15.2. The van der Waals surface area contributed by atoms with Crippen molar-refractivity contribution in [3.8, 4) is 5.75 Å². The van der Waals surface area contributed by atoms with Crippen molar-refractivity contribution in [2.45, 2.75) is 166 Å². The largest absolute Gasteiger partial charge is 0.461 e. The number of guanidine groups is 2. The second kappa shape index (κ2) is 31.1. The summed E-state index contributed by atoms with van der Waals surface area (Å²) in [6.45, 7) is -4.02. The molecule has 0 aromatic heterocycles. The number of nitrogens with two attached hydrogens (primary N) is 2. The fourth-order valence-corrected chi connectivity index (χ4v) is 11.8. The van der Waals surface area contributed by atoms with E-state index < -0.39 is 240 Å². The first-order valence-electron chi connectivity index (χ1n) is 29.0. The molecule has 2 aromatic rings. The van der Waals surface area contributed by atoms with Gasteiger partial charge in [-0.2, -0.15) is 0 Å². The predicted molar refractivity (Wildman–Crippen MR) is 311 cm³/mol. The van der Waals surface area contributed by atoms with E-state index in [1.165, 1.54) is 18.2 Å². The summed E-state index contributed by atoms with van der Waals surface area (Å²) in [6.07, 6.45) is -31.9. The van der Waals surface area contributed by atoms with Crippen molar-refractivity contribution < 1.29 is 124 Å². The Kier molecular flexibility index (Phi) is 24.0. The molecule has 8 rings (SSSR count). The SMILES string of the molecule is CC(c1ccccc1)C1NC(=O)CNC(=O)C(CO)NC(=O)C(C(O)C2CN=C(N)N2C2OC(CO)C(O)C(O)C2O)NC(=O)C(C(O)C2CN=C(N)N2)NC(=O)C(Cc2ccc(OC3OC(CO)C(OC4OC(CO)C(O)C(O)C4O)C(O)C3O)c(Br)c2)NC1=O. The quantitative estimate of drug-likeness (QED) is 0.0699. The Labute approximate surface area is 530 Å². The van der Waals surface area contributed by atoms with Crippen LogP contribution >= 0.6 is 15.9 Å². The van der Waals surface area contributed by atoms with E-state index in [9.17, 15) is 90.7 Å². The van der Waals surface area contributed by atoms with E-state index in [-0.39, 0.29) is 28.3 Å². The Balaban J connectivity index is 1.12. The number of aliphatic hydroxyl groups is 14. The monoisotopic (exact) mass is 1370 g/mol. The average Bonchev–Trinajstić information content (AvgIpc) is 1.43. The summed E-state index contributed by atoms with van der Waals surface area (Å²) in [5.41, 5.74) is 12.8. The second-order valence-electron chi connectivity index (χ2n) is 22.7. The van der Waals surface area contributed by atoms with E-state index in [4.69, 9.17) is 35.2 Å². The average molecular weight is 1370 g/mol. The van der Waals surface area contributed by atoms with Gasteiger partial charge in [-0.1, -0.05) is 43.3 Å². The smallest absolute Gasteiger partial charge is 0.246 e. The van der Waals surface area contributed by atoms with Gasteiger partial charge in [-0.25, -0.2) is 0 Å². The van der Waals surface area contributed by atoms with E-state index >= 15 is 9.59 Å². The Bertz CT molecular complexity index is 2980. The molecule has 0 spiro atoms. The van der Waals surface area contributed by atoms with Gasteiger partial charge in [-0.05, 0) is 39.2 Å². The molecule has 6 aliphatic heterocycles. The Morgan fingerprint density at radius 3 is 1.83 bits per heavy atom. The molecule has 510 valence electrons. The summed E-state index contributed by atoms with van der Waals surface area (Å²) in [5.74, 6) is -9.10. The van der Waals surface area contributed by atoms with Gasteiger partial charge in [0.2, 0.25) is 41.7 Å². The summed E-state index contributed by atoms with van der Waals surface area (Å²) in [6, 6.07) is -0.600. The van der Waals surface area contributed by atoms with Gasteiger partial charge in [0, 0.05) is 12.3 Å². The lowest BCUT2D eigenvalue weighted by atomic mass is 9.92. The molecule has 25 N–H and O–H groups in total. The summed E-state index contributed by atoms with van der Waals surface area (Å²) in [5, 5.41) is 168. The molecular weight excluding hydrogens is 1300 g/mol. The standard InChI is InChI=1S/C54H77BrN12O25/c1-18(20-5-3-2-4-6-20)31-47(85)61-22(10-19-7-8-26(21(55)9-19)89-51-43(82)40(79)44(29(17-71)91-51)92-52-42(81)39(78)37(76)28(16-70)90-52)46(84)65-32(34(73)23-11-59-53(56)63-23)49(87)66-33(48(86)62-24(14-68)45(83)58-13-30(72)64-31)35(74)25-12-60-54(57)67(25)50-41(80)38(77)36(75)27(15-69)88-50/h2-9,18,22-25,27-29,31-44,50-52,68-71,73-82H,10-17H2,1H3,(H2,57,60)(H,58,83)(H,61,85)(H,62,86)(H,64,72)(H,65,84)(H,66,87)(H3,56,59,63). The normalized spacial score (nSPS) is 37.3. The van der Waals surface area contributed by atoms with Crippen LogP contribution in [0.25, 0.3) is 0 Å². The van der Waals surface area contributed by atoms with Crippen molar-refractivity contribution in [3.63, 3.8) is 0 Å². The Morgan fingerprint density at radius 1 is 0.609 bits per heavy atom. The van der Waals surface area contributed by atoms with Crippen LogP contribution in [-0.4, -0.2) is 316 Å². The first-order valence-corrected chi connectivity index (χ1v) is 29.8. The highest BCUT2D eigenvalue weighted by molar-refractivity contribution is 9.10. The molecule has 0 radical (unpaired) electrons. The van der Waals surface area contributed by atoms with Crippen LogP contribution in [0.15, 0.2) is 63.0 Å². The summed E-state index contributed by atoms with van der Waals surface area (Å²) in [7, 11) is 0. The molecule has 6 heterocycles. The van der Waals surface area contributed by atoms with Crippen molar-refractivity contribution >= 4 is 63.3 Å². The lowest BCUT2D eigenvalue weighted by molar-refractivity contribution is -0.352. The van der Waals surface area contributed by atoms with E-state index in [2.05, 4.69) is 63.1 Å². The van der Waals surface area contributed by atoms with Crippen LogP contribution in [0.5, 0.6) is 5.75 Å². The minimum absolute atomic E-state index is 0.0563. The van der Waals surface area contributed by atoms with Crippen LogP contribution in [0.2, 0.25) is 0 Å². The minimum Gasteiger partial charge on any atom is -0.461 e. The molecule has 0 aliphatic carbocycles. The van der Waals surface area contributed by atoms with Crippen molar-refractivity contribution in [1.29, 1.82) is 0 Å². The minimum atomic E-state index is -2.35. The molecule has 6 aliphatic rings. The van der Waals surface area contributed by atoms with Crippen molar-refractivity contribution in [2.24, 2.45) is 21.5 Å². The van der Waals surface area contributed by atoms with Gasteiger partial charge >= 0.3 is 0 Å². The van der Waals surface area contributed by atoms with Crippen molar-refractivity contribution in [3.05, 3.63) is 64.1 Å². The number of nitrogens with one attached hydrogen (secondary N) is 7. The Hall–Kier alpha value is -6.64. The molecule has 37 nitrogen and oxygen atoms in total. The third kappa shape index (κ3) is 15.8. The first kappa shape index (κ1) is 71.2. The third-order valence-electron chi connectivity index (χ3n) is 16.6. The Morgan fingerprint density at radius 2 is 1.20 bits per heavy atom. The fraction of sp³-hybridized carbons (Fsp3) is 0.630. The molecule has 4 fully saturated rings. The summed E-state index contributed by atoms with van der Waals surface area (Å²) in [4.78, 5) is 96.3. The summed E-state index contributed by atoms with van der Waals surface area (Å²) < 4.78 is 28.5. The highest BCUT2D eigenvalue weighted by atomic mass is 79.9. The summed E-state index contributed by atoms with van der Waals surface area (Å²) >= 11 is 3.37. The van der Waals surface area contributed by atoms with Crippen LogP contribution in [0, 0.1) is 0 Å². The van der Waals surface area contributed by atoms with E-state index in [1.54, 1.807) is 37.3 Å². The van der Waals surface area contributed by atoms with Crippen LogP contribution in [0.4, 0.5) is 0 Å². The van der Waals surface area contributed by atoms with E-state index in [0.717, 1.165) is 4.90 Å². The number of rotatable bonds is 17. The van der Waals surface area contributed by atoms with Gasteiger partial charge in [0.15, 0.2) is 24.4 Å². The number of nitrogens with zero attached hydrogens (tertiary/aromatic N) is 3. The highest BCUT2D eigenvalue weighted by Gasteiger charge is 2.54. The number of benzene rings is 2. The van der Waals surface area contributed by atoms with Gasteiger partial charge in [-0.3, -0.25) is 38.8 Å². The number of amides is 6. The topological polar surface area (TPSA) is 596 Å². The molecular formula is C54H77BrN12O25. The number of ether oxygens (including phenoxy) is 5. The van der Waals surface area contributed by atoms with Crippen LogP contribution in [0.3, 0.4) is 0 Å². The molecule has 0 bridgehead atoms. The number of hydrogen-bond acceptors (Lipinski definition) is 31. The molecule has 25 atom stereocenters. The maximum absolute atomic E-state index is 15.2. The molecule has 6 amide bonds. The highest BCUT2D eigenvalue weighted by Crippen LogP contribution is 2.34. The van der Waals surface area contributed by atoms with Crippen LogP contribution < -0.4 is 53.4 Å². The van der Waals surface area contributed by atoms with E-state index in [0.29, 0.717) is 5.56 Å². The first-order chi connectivity index (χ1) is 43.7. The van der Waals surface area contributed by atoms with Crippen molar-refractivity contribution in [1.82, 2.24) is 42.1 Å². The number of carbonyl (C=O) groups excluding carboxylic acids is 6. The number of carbonyl (C=O) groups is 6. The fourth-order valence-electron chi connectivity index (χ4n) is 11.3. The van der Waals surface area contributed by atoms with Gasteiger partial charge in [0.1, 0.15) is 121 Å². The maximum Gasteiger partial charge on any atom is 0.246 e. The third-order valence-corrected chi connectivity index (χ3v) is 17.2. The zero-order chi connectivity index (χ0) is 67.2. The van der Waals surface area contributed by atoms with Gasteiger partial charge in [0.05, 0.1) is 62.6 Å². The molecule has 25 unspecified atom stereocenters. The van der Waals surface area contributed by atoms with Gasteiger partial charge in [-0.15, -0.1) is 0 Å². The molecule has 2 aromatic carbocycles. The van der Waals surface area contributed by atoms with Crippen LogP contribution in [0.1, 0.15) is 24.0 Å². The molecule has 38 heteroatoms. The zero-order valence-corrected chi connectivity index (χ0v) is 50.4. The molecule has 92 heavy (non-hydrogen) atoms. The number of aliphatic imine (C=N–C) groups is 2. The number of hydrogen-bond donors (Lipinski definition) is 23. The second-order valence-corrected chi connectivity index (χ2v) is 23.5. The van der Waals surface area contributed by atoms with Gasteiger partial charge in [0.25, 0.3) is 0 Å². The lowest BCUT2D eigenvalue weighted by Crippen LogP contribution is -2.70. The number of halogens is 1. The lowest BCUT2D eigenvalue weighted by Gasteiger charge is -2.46. The van der Waals surface area contributed by atoms with Gasteiger partial charge < -0.3 is 149 Å². The van der Waals surface area contributed by atoms with E-state index in [1.807, 2.05) is 0 Å². The number of aliphatic hydroxyl groups excluding tert-OH is 14. The van der Waals surface area contributed by atoms with Crippen LogP contribution in [-0.2, 0) is 54.1 Å². The van der Waals surface area contributed by atoms with Crippen molar-refractivity contribution in [2.75, 3.05) is 46.1 Å². The zero-order valence-electron chi connectivity index (χ0n) is 48.8.